The van der Waals surface area contributed by atoms with Gasteiger partial charge in [-0.1, -0.05) is 29.8 Å². The highest BCUT2D eigenvalue weighted by Crippen LogP contribution is 2.27. The third-order valence-electron chi connectivity index (χ3n) is 8.26. The Morgan fingerprint density at radius 3 is 2.56 bits per heavy atom. The van der Waals surface area contributed by atoms with Crippen LogP contribution in [0.1, 0.15) is 40.7 Å². The summed E-state index contributed by atoms with van der Waals surface area (Å²) in [5.74, 6) is 0.0885. The molecule has 5 rings (SSSR count). The van der Waals surface area contributed by atoms with E-state index >= 15 is 0 Å². The van der Waals surface area contributed by atoms with Gasteiger partial charge in [0, 0.05) is 76.8 Å². The molecule has 1 aromatic heterocycles. The van der Waals surface area contributed by atoms with Crippen molar-refractivity contribution in [2.45, 2.75) is 32.9 Å². The molecular formula is C31H37ClN6O. The van der Waals surface area contributed by atoms with E-state index in [0.717, 1.165) is 80.0 Å². The minimum Gasteiger partial charge on any atom is -0.369 e. The van der Waals surface area contributed by atoms with Crippen LogP contribution in [0.2, 0.25) is 5.02 Å². The van der Waals surface area contributed by atoms with Crippen molar-refractivity contribution in [1.29, 1.82) is 5.26 Å². The minimum atomic E-state index is 0.0667. The lowest BCUT2D eigenvalue weighted by Gasteiger charge is -2.41. The van der Waals surface area contributed by atoms with E-state index in [-0.39, 0.29) is 11.9 Å². The third-order valence-corrected chi connectivity index (χ3v) is 8.58. The molecule has 0 radical (unpaired) electrons. The van der Waals surface area contributed by atoms with Gasteiger partial charge in [0.1, 0.15) is 5.69 Å². The molecule has 1 atom stereocenters. The molecule has 0 bridgehead atoms. The fraction of sp³-hybridized carbons (Fsp3) is 0.419. The first-order valence-corrected chi connectivity index (χ1v) is 14.2. The van der Waals surface area contributed by atoms with E-state index in [0.29, 0.717) is 12.1 Å². The molecule has 1 amide bonds. The molecule has 0 saturated carbocycles. The van der Waals surface area contributed by atoms with Crippen molar-refractivity contribution in [3.63, 3.8) is 0 Å². The number of hydrogen-bond acceptors (Lipinski definition) is 5. The van der Waals surface area contributed by atoms with Crippen molar-refractivity contribution in [3.8, 4) is 6.07 Å². The van der Waals surface area contributed by atoms with E-state index in [4.69, 9.17) is 11.6 Å². The number of halogens is 1. The average Bonchev–Trinajstić information content (AvgIpc) is 3.09. The number of amides is 1. The Balaban J connectivity index is 1.24. The maximum absolute atomic E-state index is 13.7. The van der Waals surface area contributed by atoms with Crippen molar-refractivity contribution >= 4 is 28.9 Å². The van der Waals surface area contributed by atoms with Crippen LogP contribution in [0.15, 0.2) is 54.6 Å². The molecular weight excluding hydrogens is 508 g/mol. The summed E-state index contributed by atoms with van der Waals surface area (Å²) in [5, 5.41) is 10.1. The van der Waals surface area contributed by atoms with Crippen molar-refractivity contribution in [1.82, 2.24) is 14.4 Å². The summed E-state index contributed by atoms with van der Waals surface area (Å²) in [5.41, 5.74) is 5.91. The number of carbonyl (C=O) groups is 1. The SMILES string of the molecule is Cc1c(CN2CCCN(c3ccccc3Cl)CC2)cc(C(=O)N2CCN(c3cccc(C#N)c3)CC2C)n1C. The van der Waals surface area contributed by atoms with Crippen LogP contribution in [0.5, 0.6) is 0 Å². The highest BCUT2D eigenvalue weighted by molar-refractivity contribution is 6.33. The zero-order valence-electron chi connectivity index (χ0n) is 23.1. The number of aromatic nitrogens is 1. The van der Waals surface area contributed by atoms with Crippen LogP contribution < -0.4 is 9.80 Å². The van der Waals surface area contributed by atoms with E-state index in [1.54, 1.807) is 0 Å². The fourth-order valence-electron chi connectivity index (χ4n) is 5.86. The summed E-state index contributed by atoms with van der Waals surface area (Å²) in [4.78, 5) is 22.9. The highest BCUT2D eigenvalue weighted by Gasteiger charge is 2.30. The summed E-state index contributed by atoms with van der Waals surface area (Å²) in [6, 6.07) is 20.2. The summed E-state index contributed by atoms with van der Waals surface area (Å²) in [6.07, 6.45) is 1.07. The molecule has 0 aliphatic carbocycles. The maximum atomic E-state index is 13.7. The lowest BCUT2D eigenvalue weighted by molar-refractivity contribution is 0.0664. The number of para-hydroxylation sites is 1. The maximum Gasteiger partial charge on any atom is 0.270 e. The van der Waals surface area contributed by atoms with E-state index in [1.165, 1.54) is 5.56 Å². The van der Waals surface area contributed by atoms with Gasteiger partial charge < -0.3 is 19.3 Å². The molecule has 7 nitrogen and oxygen atoms in total. The second-order valence-electron chi connectivity index (χ2n) is 10.7. The summed E-state index contributed by atoms with van der Waals surface area (Å²) in [7, 11) is 2.00. The molecule has 0 N–H and O–H groups in total. The number of piperazine rings is 1. The van der Waals surface area contributed by atoms with Crippen molar-refractivity contribution < 1.29 is 4.79 Å². The zero-order valence-corrected chi connectivity index (χ0v) is 23.9. The molecule has 3 heterocycles. The van der Waals surface area contributed by atoms with Crippen LogP contribution in [0.3, 0.4) is 0 Å². The number of nitrogens with zero attached hydrogens (tertiary/aromatic N) is 6. The molecule has 8 heteroatoms. The van der Waals surface area contributed by atoms with Crippen LogP contribution >= 0.6 is 11.6 Å². The molecule has 0 spiro atoms. The van der Waals surface area contributed by atoms with Crippen LogP contribution in [-0.4, -0.2) is 72.1 Å². The van der Waals surface area contributed by atoms with Gasteiger partial charge in [0.2, 0.25) is 0 Å². The number of rotatable bonds is 5. The fourth-order valence-corrected chi connectivity index (χ4v) is 6.12. The van der Waals surface area contributed by atoms with Gasteiger partial charge in [-0.25, -0.2) is 0 Å². The van der Waals surface area contributed by atoms with Gasteiger partial charge in [-0.05, 0) is 62.2 Å². The Morgan fingerprint density at radius 2 is 1.79 bits per heavy atom. The van der Waals surface area contributed by atoms with Crippen LogP contribution in [-0.2, 0) is 13.6 Å². The molecule has 1 unspecified atom stereocenters. The zero-order chi connectivity index (χ0) is 27.5. The highest BCUT2D eigenvalue weighted by atomic mass is 35.5. The number of nitriles is 1. The molecule has 2 aliphatic rings. The molecule has 39 heavy (non-hydrogen) atoms. The summed E-state index contributed by atoms with van der Waals surface area (Å²) < 4.78 is 2.06. The Labute approximate surface area is 236 Å². The number of hydrogen-bond donors (Lipinski definition) is 0. The minimum absolute atomic E-state index is 0.0667. The van der Waals surface area contributed by atoms with Crippen molar-refractivity contribution in [3.05, 3.63) is 82.1 Å². The van der Waals surface area contributed by atoms with Crippen LogP contribution in [0.25, 0.3) is 0 Å². The molecule has 3 aromatic rings. The van der Waals surface area contributed by atoms with Crippen LogP contribution in [0.4, 0.5) is 11.4 Å². The standard InChI is InChI=1S/C31H37ClN6O/c1-23-21-37(27-9-6-8-25(18-27)20-33)16-17-38(23)31(39)30-19-26(24(2)34(30)3)22-35-12-7-13-36(15-14-35)29-11-5-4-10-28(29)32/h4-6,8-11,18-19,23H,7,12-17,21-22H2,1-3H3. The predicted molar refractivity (Wildman–Crippen MR) is 158 cm³/mol. The monoisotopic (exact) mass is 544 g/mol. The van der Waals surface area contributed by atoms with Crippen molar-refractivity contribution in [2.75, 3.05) is 55.6 Å². The Hall–Kier alpha value is -3.47. The topological polar surface area (TPSA) is 58.8 Å². The molecule has 204 valence electrons. The van der Waals surface area contributed by atoms with E-state index in [9.17, 15) is 10.1 Å². The van der Waals surface area contributed by atoms with Gasteiger partial charge in [-0.2, -0.15) is 5.26 Å². The molecule has 2 fully saturated rings. The van der Waals surface area contributed by atoms with Gasteiger partial charge in [-0.3, -0.25) is 9.69 Å². The third kappa shape index (κ3) is 5.78. The first-order valence-electron chi connectivity index (χ1n) is 13.8. The first-order chi connectivity index (χ1) is 18.9. The largest absolute Gasteiger partial charge is 0.369 e. The normalized spacial score (nSPS) is 18.6. The summed E-state index contributed by atoms with van der Waals surface area (Å²) >= 11 is 6.47. The van der Waals surface area contributed by atoms with E-state index < -0.39 is 0 Å². The average molecular weight is 545 g/mol. The Bertz CT molecular complexity index is 1380. The number of anilines is 2. The van der Waals surface area contributed by atoms with Crippen molar-refractivity contribution in [2.24, 2.45) is 7.05 Å². The van der Waals surface area contributed by atoms with E-state index in [2.05, 4.69) is 51.3 Å². The van der Waals surface area contributed by atoms with Crippen LogP contribution in [0, 0.1) is 18.3 Å². The smallest absolute Gasteiger partial charge is 0.270 e. The lowest BCUT2D eigenvalue weighted by atomic mass is 10.1. The summed E-state index contributed by atoms with van der Waals surface area (Å²) in [6.45, 7) is 11.1. The van der Waals surface area contributed by atoms with Gasteiger partial charge in [0.15, 0.2) is 0 Å². The second-order valence-corrected chi connectivity index (χ2v) is 11.1. The van der Waals surface area contributed by atoms with Gasteiger partial charge >= 0.3 is 0 Å². The Kier molecular flexibility index (Phi) is 8.15. The van der Waals surface area contributed by atoms with E-state index in [1.807, 2.05) is 54.4 Å². The molecule has 2 aliphatic heterocycles. The number of benzene rings is 2. The number of carbonyl (C=O) groups excluding carboxylic acids is 1. The first kappa shape index (κ1) is 27.1. The second kappa shape index (κ2) is 11.7. The lowest BCUT2D eigenvalue weighted by Crippen LogP contribution is -2.54. The van der Waals surface area contributed by atoms with Gasteiger partial charge in [0.05, 0.1) is 22.3 Å². The molecule has 2 aromatic carbocycles. The Morgan fingerprint density at radius 1 is 1.00 bits per heavy atom. The van der Waals surface area contributed by atoms with Gasteiger partial charge in [0.25, 0.3) is 5.91 Å². The molecule has 2 saturated heterocycles. The predicted octanol–water partition coefficient (Wildman–Crippen LogP) is 4.92. The van der Waals surface area contributed by atoms with Gasteiger partial charge in [-0.15, -0.1) is 0 Å². The quantitative estimate of drug-likeness (QED) is 0.456.